The molecule has 2 aliphatic rings. The first-order chi connectivity index (χ1) is 11.6. The van der Waals surface area contributed by atoms with Gasteiger partial charge in [-0.15, -0.1) is 0 Å². The van der Waals surface area contributed by atoms with Crippen molar-refractivity contribution in [1.82, 2.24) is 14.7 Å². The van der Waals surface area contributed by atoms with Crippen LogP contribution in [0.4, 0.5) is 0 Å². The maximum Gasteiger partial charge on any atom is 0.251 e. The Hall–Kier alpha value is -2.63. The van der Waals surface area contributed by atoms with E-state index in [4.69, 9.17) is 5.73 Å². The number of rotatable bonds is 4. The molecule has 2 N–H and O–H groups in total. The van der Waals surface area contributed by atoms with Crippen LogP contribution in [0.2, 0.25) is 0 Å². The number of carbonyl (C=O) groups is 2. The zero-order valence-electron chi connectivity index (χ0n) is 13.4. The van der Waals surface area contributed by atoms with E-state index in [-0.39, 0.29) is 17.4 Å². The summed E-state index contributed by atoms with van der Waals surface area (Å²) < 4.78 is 1.76. The van der Waals surface area contributed by atoms with E-state index in [1.54, 1.807) is 10.9 Å². The van der Waals surface area contributed by atoms with Crippen molar-refractivity contribution in [2.45, 2.75) is 30.7 Å². The largest absolute Gasteiger partial charge is 0.366 e. The van der Waals surface area contributed by atoms with E-state index in [0.29, 0.717) is 12.1 Å². The summed E-state index contributed by atoms with van der Waals surface area (Å²) in [6, 6.07) is 10.2. The predicted octanol–water partition coefficient (Wildman–Crippen LogP) is 1.49. The fraction of sp³-hybridized carbons (Fsp3) is 0.389. The number of nitrogens with two attached hydrogens (primary N) is 1. The monoisotopic (exact) mass is 324 g/mol. The lowest BCUT2D eigenvalue weighted by Crippen LogP contribution is -2.38. The molecule has 0 bridgehead atoms. The van der Waals surface area contributed by atoms with Gasteiger partial charge < -0.3 is 10.6 Å². The molecule has 1 aromatic heterocycles. The van der Waals surface area contributed by atoms with Crippen LogP contribution < -0.4 is 5.73 Å². The van der Waals surface area contributed by atoms with Crippen molar-refractivity contribution in [1.29, 1.82) is 0 Å². The molecule has 1 aromatic carbocycles. The van der Waals surface area contributed by atoms with Crippen molar-refractivity contribution in [3.05, 3.63) is 53.9 Å². The normalized spacial score (nSPS) is 21.7. The third-order valence-corrected chi connectivity index (χ3v) is 5.20. The molecule has 24 heavy (non-hydrogen) atoms. The van der Waals surface area contributed by atoms with E-state index >= 15 is 0 Å². The molecule has 6 nitrogen and oxygen atoms in total. The van der Waals surface area contributed by atoms with Crippen LogP contribution in [0.1, 0.15) is 41.2 Å². The van der Waals surface area contributed by atoms with Crippen LogP contribution in [0.5, 0.6) is 0 Å². The SMILES string of the molecule is NC(=O)c1cnn(C2CCN(C(=O)C3(c4ccccc4)CC3)C2)c1. The average Bonchev–Trinajstić information content (AvgIpc) is 3.03. The molecule has 1 saturated carbocycles. The van der Waals surface area contributed by atoms with Crippen LogP contribution >= 0.6 is 0 Å². The van der Waals surface area contributed by atoms with Gasteiger partial charge in [-0.05, 0) is 24.8 Å². The van der Waals surface area contributed by atoms with Gasteiger partial charge in [0.15, 0.2) is 0 Å². The number of carbonyl (C=O) groups excluding carboxylic acids is 2. The molecule has 0 spiro atoms. The lowest BCUT2D eigenvalue weighted by atomic mass is 9.94. The van der Waals surface area contributed by atoms with E-state index in [9.17, 15) is 9.59 Å². The fourth-order valence-electron chi connectivity index (χ4n) is 3.62. The number of likely N-dealkylation sites (tertiary alicyclic amines) is 1. The van der Waals surface area contributed by atoms with Gasteiger partial charge in [0.1, 0.15) is 0 Å². The Labute approximate surface area is 140 Å². The zero-order chi connectivity index (χ0) is 16.7. The van der Waals surface area contributed by atoms with Crippen LogP contribution in [-0.4, -0.2) is 39.6 Å². The zero-order valence-corrected chi connectivity index (χ0v) is 13.4. The highest BCUT2D eigenvalue weighted by atomic mass is 16.2. The summed E-state index contributed by atoms with van der Waals surface area (Å²) in [7, 11) is 0. The first kappa shape index (κ1) is 14.9. The van der Waals surface area contributed by atoms with Crippen molar-refractivity contribution in [3.8, 4) is 0 Å². The molecule has 1 aliphatic carbocycles. The Bertz CT molecular complexity index is 779. The van der Waals surface area contributed by atoms with Gasteiger partial charge in [0.05, 0.1) is 23.2 Å². The molecule has 4 rings (SSSR count). The van der Waals surface area contributed by atoms with Gasteiger partial charge in [0, 0.05) is 19.3 Å². The first-order valence-corrected chi connectivity index (χ1v) is 8.29. The molecule has 1 unspecified atom stereocenters. The number of benzene rings is 1. The van der Waals surface area contributed by atoms with Crippen LogP contribution in [0.15, 0.2) is 42.7 Å². The summed E-state index contributed by atoms with van der Waals surface area (Å²) in [6.45, 7) is 1.36. The second-order valence-electron chi connectivity index (χ2n) is 6.72. The molecular weight excluding hydrogens is 304 g/mol. The minimum atomic E-state index is -0.479. The Morgan fingerprint density at radius 3 is 2.58 bits per heavy atom. The lowest BCUT2D eigenvalue weighted by Gasteiger charge is -2.23. The summed E-state index contributed by atoms with van der Waals surface area (Å²) in [6.07, 6.45) is 5.84. The van der Waals surface area contributed by atoms with Gasteiger partial charge in [0.25, 0.3) is 5.91 Å². The average molecular weight is 324 g/mol. The highest BCUT2D eigenvalue weighted by molar-refractivity contribution is 5.92. The van der Waals surface area contributed by atoms with E-state index < -0.39 is 5.91 Å². The van der Waals surface area contributed by atoms with E-state index in [0.717, 1.165) is 31.4 Å². The summed E-state index contributed by atoms with van der Waals surface area (Å²) in [5, 5.41) is 4.23. The van der Waals surface area contributed by atoms with Crippen LogP contribution in [0.3, 0.4) is 0 Å². The van der Waals surface area contributed by atoms with Gasteiger partial charge in [-0.3, -0.25) is 14.3 Å². The number of primary amides is 1. The number of hydrogen-bond donors (Lipinski definition) is 1. The maximum atomic E-state index is 13.0. The van der Waals surface area contributed by atoms with Crippen molar-refractivity contribution >= 4 is 11.8 Å². The summed E-state index contributed by atoms with van der Waals surface area (Å²) in [5.74, 6) is -0.258. The van der Waals surface area contributed by atoms with E-state index in [1.807, 2.05) is 35.2 Å². The van der Waals surface area contributed by atoms with E-state index in [1.165, 1.54) is 6.20 Å². The molecule has 2 fully saturated rings. The van der Waals surface area contributed by atoms with Gasteiger partial charge in [-0.25, -0.2) is 0 Å². The molecule has 1 atom stereocenters. The molecule has 1 aliphatic heterocycles. The Morgan fingerprint density at radius 1 is 1.21 bits per heavy atom. The second-order valence-corrected chi connectivity index (χ2v) is 6.72. The Balaban J connectivity index is 1.48. The number of aromatic nitrogens is 2. The third kappa shape index (κ3) is 2.38. The highest BCUT2D eigenvalue weighted by Gasteiger charge is 2.53. The summed E-state index contributed by atoms with van der Waals surface area (Å²) >= 11 is 0. The quantitative estimate of drug-likeness (QED) is 0.925. The number of nitrogens with zero attached hydrogens (tertiary/aromatic N) is 3. The minimum Gasteiger partial charge on any atom is -0.366 e. The summed E-state index contributed by atoms with van der Waals surface area (Å²) in [4.78, 5) is 26.2. The fourth-order valence-corrected chi connectivity index (χ4v) is 3.62. The lowest BCUT2D eigenvalue weighted by molar-refractivity contribution is -0.133. The van der Waals surface area contributed by atoms with Gasteiger partial charge >= 0.3 is 0 Å². The third-order valence-electron chi connectivity index (χ3n) is 5.20. The molecule has 124 valence electrons. The van der Waals surface area contributed by atoms with Crippen LogP contribution in [0.25, 0.3) is 0 Å². The van der Waals surface area contributed by atoms with Crippen molar-refractivity contribution in [2.24, 2.45) is 5.73 Å². The molecule has 6 heteroatoms. The van der Waals surface area contributed by atoms with Crippen LogP contribution in [-0.2, 0) is 10.2 Å². The molecule has 0 radical (unpaired) electrons. The number of amides is 2. The number of hydrogen-bond acceptors (Lipinski definition) is 3. The molecule has 2 amide bonds. The maximum absolute atomic E-state index is 13.0. The van der Waals surface area contributed by atoms with Crippen LogP contribution in [0, 0.1) is 0 Å². The van der Waals surface area contributed by atoms with Gasteiger partial charge in [-0.2, -0.15) is 5.10 Å². The topological polar surface area (TPSA) is 81.2 Å². The molecule has 1 saturated heterocycles. The molecule has 2 heterocycles. The second kappa shape index (κ2) is 5.47. The Morgan fingerprint density at radius 2 is 1.96 bits per heavy atom. The van der Waals surface area contributed by atoms with Crippen molar-refractivity contribution in [3.63, 3.8) is 0 Å². The Kier molecular flexibility index (Phi) is 3.40. The van der Waals surface area contributed by atoms with Crippen molar-refractivity contribution < 1.29 is 9.59 Å². The standard InChI is InChI=1S/C18H20N4O2/c19-16(23)13-10-20-22(11-13)15-6-9-21(12-15)17(24)18(7-8-18)14-4-2-1-3-5-14/h1-5,10-11,15H,6-9,12H2,(H2,19,23). The predicted molar refractivity (Wildman–Crippen MR) is 88.3 cm³/mol. The molecule has 2 aromatic rings. The minimum absolute atomic E-state index is 0.105. The summed E-state index contributed by atoms with van der Waals surface area (Å²) in [5.41, 5.74) is 6.48. The van der Waals surface area contributed by atoms with Crippen molar-refractivity contribution in [2.75, 3.05) is 13.1 Å². The van der Waals surface area contributed by atoms with Gasteiger partial charge in [0.2, 0.25) is 5.91 Å². The van der Waals surface area contributed by atoms with Gasteiger partial charge in [-0.1, -0.05) is 30.3 Å². The molecular formula is C18H20N4O2. The highest BCUT2D eigenvalue weighted by Crippen LogP contribution is 2.50. The van der Waals surface area contributed by atoms with E-state index in [2.05, 4.69) is 5.10 Å². The smallest absolute Gasteiger partial charge is 0.251 e. The first-order valence-electron chi connectivity index (χ1n) is 8.29.